The summed E-state index contributed by atoms with van der Waals surface area (Å²) in [5, 5.41) is 23.8. The van der Waals surface area contributed by atoms with Crippen LogP contribution in [0.3, 0.4) is 0 Å². The molecule has 0 fully saturated rings. The summed E-state index contributed by atoms with van der Waals surface area (Å²) in [6.07, 6.45) is 0. The quantitative estimate of drug-likeness (QED) is 0.699. The number of nitrogens with one attached hydrogen (secondary N) is 1. The number of thioether (sulfide) groups is 1. The monoisotopic (exact) mass is 364 g/mol. The lowest BCUT2D eigenvalue weighted by Crippen LogP contribution is -2.23. The van der Waals surface area contributed by atoms with Crippen LogP contribution in [0.25, 0.3) is 5.69 Å². The van der Waals surface area contributed by atoms with Crippen molar-refractivity contribution in [1.82, 2.24) is 20.2 Å². The molecular formula is C18H16N6OS. The van der Waals surface area contributed by atoms with Crippen LogP contribution >= 0.6 is 11.8 Å². The molecule has 1 N–H and O–H groups in total. The van der Waals surface area contributed by atoms with Crippen molar-refractivity contribution in [2.75, 3.05) is 5.32 Å². The van der Waals surface area contributed by atoms with Crippen molar-refractivity contribution in [2.24, 2.45) is 0 Å². The van der Waals surface area contributed by atoms with Crippen molar-refractivity contribution in [3.8, 4) is 11.8 Å². The smallest absolute Gasteiger partial charge is 0.237 e. The topological polar surface area (TPSA) is 96.5 Å². The fourth-order valence-electron chi connectivity index (χ4n) is 2.34. The van der Waals surface area contributed by atoms with E-state index in [4.69, 9.17) is 5.26 Å². The molecule has 0 unspecified atom stereocenters. The van der Waals surface area contributed by atoms with Gasteiger partial charge in [-0.15, -0.1) is 5.10 Å². The van der Waals surface area contributed by atoms with Crippen molar-refractivity contribution >= 4 is 23.4 Å². The third-order valence-corrected chi connectivity index (χ3v) is 4.77. The van der Waals surface area contributed by atoms with Gasteiger partial charge >= 0.3 is 0 Å². The molecule has 3 aromatic rings. The number of para-hydroxylation sites is 2. The Hall–Kier alpha value is -3.18. The molecule has 0 aliphatic rings. The molecule has 1 amide bonds. The number of carbonyl (C=O) groups excluding carboxylic acids is 1. The van der Waals surface area contributed by atoms with E-state index in [2.05, 4.69) is 26.9 Å². The molecular weight excluding hydrogens is 348 g/mol. The SMILES string of the molecule is Cc1ccccc1-n1nnnc1S[C@H](C)C(=O)Nc1ccccc1C#N. The molecule has 0 radical (unpaired) electrons. The van der Waals surface area contributed by atoms with Gasteiger partial charge in [-0.3, -0.25) is 4.79 Å². The summed E-state index contributed by atoms with van der Waals surface area (Å²) in [7, 11) is 0. The molecule has 26 heavy (non-hydrogen) atoms. The van der Waals surface area contributed by atoms with Crippen LogP contribution in [-0.4, -0.2) is 31.4 Å². The van der Waals surface area contributed by atoms with Gasteiger partial charge in [-0.1, -0.05) is 42.1 Å². The number of hydrogen-bond acceptors (Lipinski definition) is 6. The minimum Gasteiger partial charge on any atom is -0.324 e. The summed E-state index contributed by atoms with van der Waals surface area (Å²) >= 11 is 1.25. The summed E-state index contributed by atoms with van der Waals surface area (Å²) in [4.78, 5) is 12.5. The van der Waals surface area contributed by atoms with E-state index in [-0.39, 0.29) is 5.91 Å². The number of aromatic nitrogens is 4. The largest absolute Gasteiger partial charge is 0.324 e. The van der Waals surface area contributed by atoms with Crippen LogP contribution < -0.4 is 5.32 Å². The van der Waals surface area contributed by atoms with Crippen molar-refractivity contribution in [3.05, 3.63) is 59.7 Å². The maximum Gasteiger partial charge on any atom is 0.237 e. The first-order chi connectivity index (χ1) is 12.6. The van der Waals surface area contributed by atoms with E-state index in [1.54, 1.807) is 35.9 Å². The standard InChI is InChI=1S/C18H16N6OS/c1-12-7-3-6-10-16(12)24-18(21-22-23-24)26-13(2)17(25)20-15-9-5-4-8-14(15)11-19/h3-10,13H,1-2H3,(H,20,25)/t13-/m1/s1. The molecule has 2 aromatic carbocycles. The molecule has 0 saturated carbocycles. The first-order valence-electron chi connectivity index (χ1n) is 7.91. The summed E-state index contributed by atoms with van der Waals surface area (Å²) in [6, 6.07) is 16.7. The zero-order valence-corrected chi connectivity index (χ0v) is 15.1. The zero-order chi connectivity index (χ0) is 18.5. The second-order valence-corrected chi connectivity index (χ2v) is 6.87. The Bertz CT molecular complexity index is 978. The minimum atomic E-state index is -0.449. The molecule has 1 aromatic heterocycles. The number of nitriles is 1. The highest BCUT2D eigenvalue weighted by atomic mass is 32.2. The van der Waals surface area contributed by atoms with Gasteiger partial charge in [0.05, 0.1) is 22.2 Å². The third-order valence-electron chi connectivity index (χ3n) is 3.74. The number of carbonyl (C=O) groups is 1. The van der Waals surface area contributed by atoms with Crippen molar-refractivity contribution in [1.29, 1.82) is 5.26 Å². The molecule has 7 nitrogen and oxygen atoms in total. The molecule has 0 bridgehead atoms. The highest BCUT2D eigenvalue weighted by Crippen LogP contribution is 2.25. The number of tetrazole rings is 1. The number of rotatable bonds is 5. The predicted molar refractivity (Wildman–Crippen MR) is 99.0 cm³/mol. The van der Waals surface area contributed by atoms with Crippen LogP contribution in [0.5, 0.6) is 0 Å². The van der Waals surface area contributed by atoms with Crippen LogP contribution in [-0.2, 0) is 4.79 Å². The Labute approximate surface area is 155 Å². The van der Waals surface area contributed by atoms with Crippen molar-refractivity contribution in [2.45, 2.75) is 24.3 Å². The van der Waals surface area contributed by atoms with Gasteiger partial charge in [-0.25, -0.2) is 0 Å². The van der Waals surface area contributed by atoms with E-state index < -0.39 is 5.25 Å². The fraction of sp³-hybridized carbons (Fsp3) is 0.167. The molecule has 8 heteroatoms. The second kappa shape index (κ2) is 7.80. The van der Waals surface area contributed by atoms with E-state index >= 15 is 0 Å². The molecule has 0 saturated heterocycles. The van der Waals surface area contributed by atoms with Crippen LogP contribution in [0.1, 0.15) is 18.1 Å². The molecule has 0 spiro atoms. The fourth-order valence-corrected chi connectivity index (χ4v) is 3.14. The summed E-state index contributed by atoms with van der Waals surface area (Å²) < 4.78 is 1.62. The first-order valence-corrected chi connectivity index (χ1v) is 8.79. The summed E-state index contributed by atoms with van der Waals surface area (Å²) in [5.74, 6) is -0.225. The Morgan fingerprint density at radius 3 is 2.73 bits per heavy atom. The lowest BCUT2D eigenvalue weighted by Gasteiger charge is -2.13. The number of nitrogens with zero attached hydrogens (tertiary/aromatic N) is 5. The van der Waals surface area contributed by atoms with Crippen molar-refractivity contribution < 1.29 is 4.79 Å². The van der Waals surface area contributed by atoms with Gasteiger partial charge in [-0.05, 0) is 48.0 Å². The molecule has 0 aliphatic carbocycles. The maximum absolute atomic E-state index is 12.5. The van der Waals surface area contributed by atoms with E-state index in [1.165, 1.54) is 11.8 Å². The minimum absolute atomic E-state index is 0.225. The zero-order valence-electron chi connectivity index (χ0n) is 14.2. The lowest BCUT2D eigenvalue weighted by atomic mass is 10.2. The maximum atomic E-state index is 12.5. The molecule has 0 aliphatic heterocycles. The summed E-state index contributed by atoms with van der Waals surface area (Å²) in [5.41, 5.74) is 2.80. The highest BCUT2D eigenvalue weighted by molar-refractivity contribution is 8.00. The van der Waals surface area contributed by atoms with Gasteiger partial charge in [0.25, 0.3) is 0 Å². The molecule has 3 rings (SSSR count). The Balaban J connectivity index is 1.76. The Kier molecular flexibility index (Phi) is 5.29. The third kappa shape index (κ3) is 3.73. The van der Waals surface area contributed by atoms with Crippen LogP contribution in [0.4, 0.5) is 5.69 Å². The number of amides is 1. The van der Waals surface area contributed by atoms with Gasteiger partial charge in [0.1, 0.15) is 6.07 Å². The highest BCUT2D eigenvalue weighted by Gasteiger charge is 2.20. The molecule has 130 valence electrons. The van der Waals surface area contributed by atoms with Gasteiger partial charge in [0.15, 0.2) is 0 Å². The Morgan fingerprint density at radius 2 is 1.96 bits per heavy atom. The van der Waals surface area contributed by atoms with Crippen molar-refractivity contribution in [3.63, 3.8) is 0 Å². The number of anilines is 1. The van der Waals surface area contributed by atoms with E-state index in [9.17, 15) is 4.79 Å². The number of benzene rings is 2. The van der Waals surface area contributed by atoms with E-state index in [0.29, 0.717) is 16.4 Å². The van der Waals surface area contributed by atoms with Crippen LogP contribution in [0, 0.1) is 18.3 Å². The van der Waals surface area contributed by atoms with Gasteiger partial charge in [-0.2, -0.15) is 9.94 Å². The van der Waals surface area contributed by atoms with E-state index in [0.717, 1.165) is 11.3 Å². The van der Waals surface area contributed by atoms with Crippen LogP contribution in [0.15, 0.2) is 53.7 Å². The Morgan fingerprint density at radius 1 is 1.23 bits per heavy atom. The molecule has 1 heterocycles. The number of aryl methyl sites for hydroxylation is 1. The number of hydrogen-bond donors (Lipinski definition) is 1. The average molecular weight is 364 g/mol. The van der Waals surface area contributed by atoms with Gasteiger partial charge in [0, 0.05) is 0 Å². The predicted octanol–water partition coefficient (Wildman–Crippen LogP) is 2.96. The normalized spacial score (nSPS) is 11.6. The van der Waals surface area contributed by atoms with Crippen LogP contribution in [0.2, 0.25) is 0 Å². The van der Waals surface area contributed by atoms with Gasteiger partial charge < -0.3 is 5.32 Å². The summed E-state index contributed by atoms with van der Waals surface area (Å²) in [6.45, 7) is 3.74. The average Bonchev–Trinajstić information content (AvgIpc) is 3.10. The van der Waals surface area contributed by atoms with E-state index in [1.807, 2.05) is 31.2 Å². The molecule has 1 atom stereocenters. The lowest BCUT2D eigenvalue weighted by molar-refractivity contribution is -0.115. The van der Waals surface area contributed by atoms with Gasteiger partial charge in [0.2, 0.25) is 11.1 Å². The second-order valence-electron chi connectivity index (χ2n) is 5.57. The first kappa shape index (κ1) is 17.6.